The van der Waals surface area contributed by atoms with Crippen molar-refractivity contribution in [2.75, 3.05) is 68.3 Å². The summed E-state index contributed by atoms with van der Waals surface area (Å²) in [7, 11) is 8.66. The van der Waals surface area contributed by atoms with E-state index in [1.54, 1.807) is 28.4 Å². The molecule has 160 valence electrons. The van der Waals surface area contributed by atoms with Crippen LogP contribution in [0.3, 0.4) is 0 Å². The smallest absolute Gasteiger partial charge is 0.203 e. The molecule has 0 unspecified atom stereocenters. The minimum absolute atomic E-state index is 0.461. The van der Waals surface area contributed by atoms with Crippen LogP contribution in [-0.4, -0.2) is 79.1 Å². The summed E-state index contributed by atoms with van der Waals surface area (Å²) in [6.45, 7) is 6.82. The van der Waals surface area contributed by atoms with Crippen molar-refractivity contribution in [2.24, 2.45) is 4.99 Å². The topological polar surface area (TPSA) is 76.6 Å². The van der Waals surface area contributed by atoms with Gasteiger partial charge >= 0.3 is 0 Å². The molecule has 0 spiro atoms. The molecule has 0 atom stereocenters. The van der Waals surface area contributed by atoms with Crippen LogP contribution in [0.1, 0.15) is 18.9 Å². The lowest BCUT2D eigenvalue weighted by molar-refractivity contribution is 0.180. The fraction of sp³-hybridized carbons (Fsp3) is 0.650. The van der Waals surface area contributed by atoms with Crippen molar-refractivity contribution in [3.8, 4) is 17.2 Å². The standard InChI is InChI=1S/C20H36N4O4/c1-7-21-20(22-11-13-24(2)12-8-14-25-3)23-15-16-9-10-17(26-4)19(28-6)18(16)27-5/h9-10H,7-8,11-15H2,1-6H3,(H2,21,22,23). The van der Waals surface area contributed by atoms with Crippen molar-refractivity contribution in [2.45, 2.75) is 19.9 Å². The first-order valence-corrected chi connectivity index (χ1v) is 9.58. The minimum atomic E-state index is 0.461. The Balaban J connectivity index is 2.71. The molecule has 0 aliphatic carbocycles. The van der Waals surface area contributed by atoms with Gasteiger partial charge in [0.25, 0.3) is 0 Å². The van der Waals surface area contributed by atoms with Gasteiger partial charge in [-0.05, 0) is 32.5 Å². The van der Waals surface area contributed by atoms with Crippen LogP contribution in [0.4, 0.5) is 0 Å². The van der Waals surface area contributed by atoms with Gasteiger partial charge in [-0.3, -0.25) is 0 Å². The van der Waals surface area contributed by atoms with E-state index in [2.05, 4.69) is 27.6 Å². The van der Waals surface area contributed by atoms with Crippen molar-refractivity contribution in [3.05, 3.63) is 17.7 Å². The molecule has 0 bridgehead atoms. The van der Waals surface area contributed by atoms with Gasteiger partial charge in [0.05, 0.1) is 27.9 Å². The summed E-state index contributed by atoms with van der Waals surface area (Å²) < 4.78 is 21.4. The first kappa shape index (κ1) is 23.8. The van der Waals surface area contributed by atoms with Gasteiger partial charge in [0.15, 0.2) is 17.5 Å². The summed E-state index contributed by atoms with van der Waals surface area (Å²) in [4.78, 5) is 6.95. The average molecular weight is 397 g/mol. The second-order valence-corrected chi connectivity index (χ2v) is 6.27. The third-order valence-corrected chi connectivity index (χ3v) is 4.21. The molecule has 0 fully saturated rings. The van der Waals surface area contributed by atoms with Crippen LogP contribution in [0, 0.1) is 0 Å². The monoisotopic (exact) mass is 396 g/mol. The molecule has 0 saturated carbocycles. The molecule has 0 heterocycles. The zero-order valence-electron chi connectivity index (χ0n) is 18.1. The Morgan fingerprint density at radius 3 is 2.36 bits per heavy atom. The molecule has 0 aliphatic heterocycles. The van der Waals surface area contributed by atoms with Crippen molar-refractivity contribution in [1.29, 1.82) is 0 Å². The maximum absolute atomic E-state index is 5.53. The number of nitrogens with zero attached hydrogens (tertiary/aromatic N) is 2. The molecule has 28 heavy (non-hydrogen) atoms. The molecule has 8 heteroatoms. The second-order valence-electron chi connectivity index (χ2n) is 6.27. The Morgan fingerprint density at radius 1 is 1.00 bits per heavy atom. The van der Waals surface area contributed by atoms with E-state index in [1.165, 1.54) is 0 Å². The van der Waals surface area contributed by atoms with E-state index in [-0.39, 0.29) is 0 Å². The Labute approximate surface area is 169 Å². The van der Waals surface area contributed by atoms with Crippen molar-refractivity contribution in [3.63, 3.8) is 0 Å². The fourth-order valence-corrected chi connectivity index (χ4v) is 2.75. The number of nitrogens with one attached hydrogen (secondary N) is 2. The highest BCUT2D eigenvalue weighted by Crippen LogP contribution is 2.39. The highest BCUT2D eigenvalue weighted by Gasteiger charge is 2.15. The molecule has 1 aromatic carbocycles. The minimum Gasteiger partial charge on any atom is -0.493 e. The predicted octanol–water partition coefficient (Wildman–Crippen LogP) is 1.74. The van der Waals surface area contributed by atoms with Gasteiger partial charge in [0.1, 0.15) is 0 Å². The highest BCUT2D eigenvalue weighted by atomic mass is 16.5. The first-order chi connectivity index (χ1) is 13.6. The van der Waals surface area contributed by atoms with Crippen LogP contribution in [0.25, 0.3) is 0 Å². The SMILES string of the molecule is CCNC(=NCc1ccc(OC)c(OC)c1OC)NCCN(C)CCCOC. The van der Waals surface area contributed by atoms with E-state index >= 15 is 0 Å². The molecule has 1 aromatic rings. The number of methoxy groups -OCH3 is 4. The third kappa shape index (κ3) is 7.82. The lowest BCUT2D eigenvalue weighted by Gasteiger charge is -2.18. The van der Waals surface area contributed by atoms with E-state index in [1.807, 2.05) is 19.1 Å². The van der Waals surface area contributed by atoms with Gasteiger partial charge in [0, 0.05) is 45.5 Å². The number of ether oxygens (including phenoxy) is 4. The van der Waals surface area contributed by atoms with Gasteiger partial charge in [-0.15, -0.1) is 0 Å². The summed E-state index contributed by atoms with van der Waals surface area (Å²) in [5.41, 5.74) is 0.925. The molecule has 0 saturated heterocycles. The molecule has 0 radical (unpaired) electrons. The maximum Gasteiger partial charge on any atom is 0.203 e. The molecule has 0 amide bonds. The third-order valence-electron chi connectivity index (χ3n) is 4.21. The normalized spacial score (nSPS) is 11.5. The molecule has 8 nitrogen and oxygen atoms in total. The Bertz CT molecular complexity index is 596. The van der Waals surface area contributed by atoms with Crippen LogP contribution < -0.4 is 24.8 Å². The van der Waals surface area contributed by atoms with Crippen molar-refractivity contribution < 1.29 is 18.9 Å². The van der Waals surface area contributed by atoms with Crippen molar-refractivity contribution in [1.82, 2.24) is 15.5 Å². The number of benzene rings is 1. The summed E-state index contributed by atoms with van der Waals surface area (Å²) in [6.07, 6.45) is 1.03. The van der Waals surface area contributed by atoms with Crippen LogP contribution in [-0.2, 0) is 11.3 Å². The maximum atomic E-state index is 5.53. The number of likely N-dealkylation sites (N-methyl/N-ethyl adjacent to an activating group) is 1. The molecular weight excluding hydrogens is 360 g/mol. The van der Waals surface area contributed by atoms with E-state index in [9.17, 15) is 0 Å². The number of guanidine groups is 1. The quantitative estimate of drug-likeness (QED) is 0.299. The zero-order valence-corrected chi connectivity index (χ0v) is 18.1. The number of hydrogen-bond donors (Lipinski definition) is 2. The Kier molecular flexibility index (Phi) is 11.8. The van der Waals surface area contributed by atoms with E-state index in [0.29, 0.717) is 23.8 Å². The number of rotatable bonds is 13. The highest BCUT2D eigenvalue weighted by molar-refractivity contribution is 5.79. The average Bonchev–Trinajstić information content (AvgIpc) is 2.71. The molecule has 1 rings (SSSR count). The summed E-state index contributed by atoms with van der Waals surface area (Å²) in [5, 5.41) is 6.64. The summed E-state index contributed by atoms with van der Waals surface area (Å²) in [5.74, 6) is 2.62. The Hall–Kier alpha value is -2.19. The summed E-state index contributed by atoms with van der Waals surface area (Å²) in [6, 6.07) is 3.80. The molecular formula is C20H36N4O4. The van der Waals surface area contributed by atoms with Crippen LogP contribution in [0.5, 0.6) is 17.2 Å². The van der Waals surface area contributed by atoms with Gasteiger partial charge in [-0.2, -0.15) is 0 Å². The largest absolute Gasteiger partial charge is 0.493 e. The lowest BCUT2D eigenvalue weighted by Crippen LogP contribution is -2.41. The van der Waals surface area contributed by atoms with Crippen LogP contribution in [0.2, 0.25) is 0 Å². The summed E-state index contributed by atoms with van der Waals surface area (Å²) >= 11 is 0. The van der Waals surface area contributed by atoms with Crippen molar-refractivity contribution >= 4 is 5.96 Å². The fourth-order valence-electron chi connectivity index (χ4n) is 2.75. The number of aliphatic imine (C=N–C) groups is 1. The lowest BCUT2D eigenvalue weighted by atomic mass is 10.1. The Morgan fingerprint density at radius 2 is 1.75 bits per heavy atom. The number of hydrogen-bond acceptors (Lipinski definition) is 6. The van der Waals surface area contributed by atoms with Gasteiger partial charge in [0.2, 0.25) is 5.75 Å². The predicted molar refractivity (Wildman–Crippen MR) is 113 cm³/mol. The second kappa shape index (κ2) is 13.9. The van der Waals surface area contributed by atoms with E-state index in [4.69, 9.17) is 18.9 Å². The van der Waals surface area contributed by atoms with E-state index < -0.39 is 0 Å². The molecule has 0 aliphatic rings. The zero-order chi connectivity index (χ0) is 20.8. The van der Waals surface area contributed by atoms with Crippen LogP contribution >= 0.6 is 0 Å². The first-order valence-electron chi connectivity index (χ1n) is 9.58. The van der Waals surface area contributed by atoms with Gasteiger partial charge in [-0.1, -0.05) is 0 Å². The van der Waals surface area contributed by atoms with E-state index in [0.717, 1.165) is 50.7 Å². The molecule has 0 aromatic heterocycles. The van der Waals surface area contributed by atoms with Gasteiger partial charge in [-0.25, -0.2) is 4.99 Å². The molecule has 2 N–H and O–H groups in total. The van der Waals surface area contributed by atoms with Gasteiger partial charge < -0.3 is 34.5 Å². The van der Waals surface area contributed by atoms with Crippen LogP contribution in [0.15, 0.2) is 17.1 Å².